The van der Waals surface area contributed by atoms with Crippen LogP contribution in [-0.2, 0) is 20.0 Å². The molecule has 0 atom stereocenters. The second-order valence-corrected chi connectivity index (χ2v) is 24.0. The number of amides is 1. The number of hydrogen-bond acceptors (Lipinski definition) is 15. The molecular formula is C52H49ClN8O10S4. The summed E-state index contributed by atoms with van der Waals surface area (Å²) < 4.78 is 58.0. The first-order valence-electron chi connectivity index (χ1n) is 22.3. The van der Waals surface area contributed by atoms with Gasteiger partial charge in [0, 0.05) is 92.5 Å². The Morgan fingerprint density at radius 3 is 1.36 bits per heavy atom. The zero-order chi connectivity index (χ0) is 54.9. The first-order valence-corrected chi connectivity index (χ1v) is 27.3. The lowest BCUT2D eigenvalue weighted by Crippen LogP contribution is -2.40. The Morgan fingerprint density at radius 2 is 0.973 bits per heavy atom. The molecule has 75 heavy (non-hydrogen) atoms. The molecule has 0 bridgehead atoms. The molecule has 0 aliphatic heterocycles. The van der Waals surface area contributed by atoms with E-state index in [0.717, 1.165) is 0 Å². The molecule has 0 fully saturated rings. The van der Waals surface area contributed by atoms with Crippen molar-refractivity contribution in [2.45, 2.75) is 62.4 Å². The normalized spacial score (nSPS) is 11.6. The van der Waals surface area contributed by atoms with Crippen LogP contribution in [0.3, 0.4) is 0 Å². The lowest BCUT2D eigenvalue weighted by Gasteiger charge is -2.22. The number of nitrogens with zero attached hydrogens (tertiary/aromatic N) is 4. The van der Waals surface area contributed by atoms with Crippen molar-refractivity contribution in [3.8, 4) is 42.0 Å². The highest BCUT2D eigenvalue weighted by Crippen LogP contribution is 2.39. The molecule has 0 unspecified atom stereocenters. The number of non-ortho nitro benzene ring substituents is 2. The van der Waals surface area contributed by atoms with Crippen LogP contribution in [0.1, 0.15) is 62.3 Å². The summed E-state index contributed by atoms with van der Waals surface area (Å²) in [7, 11) is -7.80. The fourth-order valence-electron chi connectivity index (χ4n) is 6.78. The first kappa shape index (κ1) is 56.7. The number of halogens is 1. The van der Waals surface area contributed by atoms with E-state index in [1.807, 2.05) is 6.07 Å². The van der Waals surface area contributed by atoms with E-state index in [1.54, 1.807) is 157 Å². The van der Waals surface area contributed by atoms with Crippen LogP contribution in [0.2, 0.25) is 0 Å². The lowest BCUT2D eigenvalue weighted by atomic mass is 10.1. The molecule has 0 saturated carbocycles. The van der Waals surface area contributed by atoms with Gasteiger partial charge in [0.15, 0.2) is 0 Å². The Labute approximate surface area is 446 Å². The van der Waals surface area contributed by atoms with Crippen molar-refractivity contribution in [1.29, 1.82) is 0 Å². The van der Waals surface area contributed by atoms with Crippen molar-refractivity contribution in [2.75, 3.05) is 11.1 Å². The molecule has 0 radical (unpaired) electrons. The first-order chi connectivity index (χ1) is 35.2. The summed E-state index contributed by atoms with van der Waals surface area (Å²) in [6.45, 7) is 10.5. The SMILES string of the molecule is CC(C)(C)NS(=O)(=O)c1cc(N)ccc1-c1cnc(-c2ccc([N+](=O)[O-])cc2)s1.CC(C)(C)NS(=O)(=O)c1cc(NC(=O)c2ccccc2)ccc1-c1cnc(-c2ccc([N+](=O)[O-])cc2)s1.O=C(Cl)c1ccccc1. The van der Waals surface area contributed by atoms with Gasteiger partial charge < -0.3 is 11.1 Å². The number of carbonyl (C=O) groups excluding carboxylic acids is 2. The Hall–Kier alpha value is -7.57. The number of thiazole rings is 2. The molecule has 8 rings (SSSR count). The van der Waals surface area contributed by atoms with E-state index < -0.39 is 46.2 Å². The minimum Gasteiger partial charge on any atom is -0.399 e. The van der Waals surface area contributed by atoms with Gasteiger partial charge in [0.1, 0.15) is 10.0 Å². The van der Waals surface area contributed by atoms with Crippen molar-refractivity contribution in [3.05, 3.63) is 189 Å². The molecule has 5 N–H and O–H groups in total. The molecule has 8 aromatic rings. The lowest BCUT2D eigenvalue weighted by molar-refractivity contribution is -0.385. The molecule has 2 heterocycles. The van der Waals surface area contributed by atoms with E-state index in [1.165, 1.54) is 59.1 Å². The van der Waals surface area contributed by atoms with E-state index >= 15 is 0 Å². The van der Waals surface area contributed by atoms with Gasteiger partial charge in [0.25, 0.3) is 22.5 Å². The van der Waals surface area contributed by atoms with Crippen LogP contribution in [0.4, 0.5) is 22.7 Å². The van der Waals surface area contributed by atoms with E-state index in [-0.39, 0.29) is 27.1 Å². The average molecular weight is 1110 g/mol. The third kappa shape index (κ3) is 15.7. The number of sulfonamides is 2. The van der Waals surface area contributed by atoms with Crippen LogP contribution in [0.5, 0.6) is 0 Å². The molecule has 388 valence electrons. The number of aromatic nitrogens is 2. The average Bonchev–Trinajstić information content (AvgIpc) is 4.05. The smallest absolute Gasteiger partial charge is 0.269 e. The molecular weight excluding hydrogens is 1060 g/mol. The van der Waals surface area contributed by atoms with E-state index in [2.05, 4.69) is 24.7 Å². The minimum atomic E-state index is -3.99. The van der Waals surface area contributed by atoms with E-state index in [9.17, 15) is 46.7 Å². The predicted octanol–water partition coefficient (Wildman–Crippen LogP) is 11.8. The summed E-state index contributed by atoms with van der Waals surface area (Å²) in [6.07, 6.45) is 3.15. The van der Waals surface area contributed by atoms with Crippen LogP contribution < -0.4 is 20.5 Å². The molecule has 0 aliphatic rings. The monoisotopic (exact) mass is 1110 g/mol. The third-order valence-electron chi connectivity index (χ3n) is 9.93. The molecule has 23 heteroatoms. The zero-order valence-electron chi connectivity index (χ0n) is 41.0. The number of hydrogen-bond donors (Lipinski definition) is 4. The van der Waals surface area contributed by atoms with Crippen molar-refractivity contribution < 1.29 is 36.3 Å². The van der Waals surface area contributed by atoms with Gasteiger partial charge in [-0.25, -0.2) is 36.2 Å². The molecule has 0 aliphatic carbocycles. The Kier molecular flexibility index (Phi) is 18.0. The number of nitro groups is 2. The summed E-state index contributed by atoms with van der Waals surface area (Å²) in [4.78, 5) is 54.0. The van der Waals surface area contributed by atoms with Gasteiger partial charge in [0.2, 0.25) is 20.0 Å². The fraction of sp³-hybridized carbons (Fsp3) is 0.154. The van der Waals surface area contributed by atoms with Crippen LogP contribution >= 0.6 is 34.3 Å². The highest BCUT2D eigenvalue weighted by atomic mass is 35.5. The second kappa shape index (κ2) is 23.7. The summed E-state index contributed by atoms with van der Waals surface area (Å²) in [6, 6.07) is 38.8. The van der Waals surface area contributed by atoms with Crippen molar-refractivity contribution in [1.82, 2.24) is 19.4 Å². The number of carbonyl (C=O) groups is 2. The van der Waals surface area contributed by atoms with Gasteiger partial charge >= 0.3 is 0 Å². The van der Waals surface area contributed by atoms with E-state index in [4.69, 9.17) is 17.3 Å². The second-order valence-electron chi connectivity index (χ2n) is 18.3. The van der Waals surface area contributed by atoms with Crippen LogP contribution in [0.15, 0.2) is 168 Å². The maximum absolute atomic E-state index is 13.4. The minimum absolute atomic E-state index is 0.00724. The summed E-state index contributed by atoms with van der Waals surface area (Å²) in [5.74, 6) is -0.362. The molecule has 1 amide bonds. The van der Waals surface area contributed by atoms with Crippen LogP contribution in [-0.4, -0.2) is 58.9 Å². The molecule has 6 aromatic carbocycles. The Bertz CT molecular complexity index is 3580. The Balaban J connectivity index is 0.000000213. The number of benzene rings is 6. The fourth-order valence-corrected chi connectivity index (χ4v) is 12.3. The number of anilines is 2. The van der Waals surface area contributed by atoms with Crippen molar-refractivity contribution >= 4 is 88.2 Å². The number of nitrogen functional groups attached to an aromatic ring is 1. The topological polar surface area (TPSA) is 277 Å². The highest BCUT2D eigenvalue weighted by molar-refractivity contribution is 7.90. The maximum Gasteiger partial charge on any atom is 0.269 e. The summed E-state index contributed by atoms with van der Waals surface area (Å²) in [5, 5.41) is 25.3. The molecule has 0 saturated heterocycles. The number of nitrogens with two attached hydrogens (primary N) is 1. The van der Waals surface area contributed by atoms with Crippen molar-refractivity contribution in [2.24, 2.45) is 0 Å². The van der Waals surface area contributed by atoms with Gasteiger partial charge in [-0.05, 0) is 114 Å². The maximum atomic E-state index is 13.4. The summed E-state index contributed by atoms with van der Waals surface area (Å²) >= 11 is 7.72. The number of nitrogens with one attached hydrogen (secondary N) is 3. The van der Waals surface area contributed by atoms with Crippen LogP contribution in [0, 0.1) is 20.2 Å². The number of nitro benzene ring substituents is 2. The molecule has 18 nitrogen and oxygen atoms in total. The molecule has 2 aromatic heterocycles. The van der Waals surface area contributed by atoms with Crippen molar-refractivity contribution in [3.63, 3.8) is 0 Å². The van der Waals surface area contributed by atoms with Gasteiger partial charge in [-0.2, -0.15) is 0 Å². The number of rotatable bonds is 13. The third-order valence-corrected chi connectivity index (χ3v) is 15.9. The van der Waals surface area contributed by atoms with Gasteiger partial charge in [-0.3, -0.25) is 29.8 Å². The van der Waals surface area contributed by atoms with Gasteiger partial charge in [0.05, 0.1) is 29.4 Å². The quantitative estimate of drug-likeness (QED) is 0.0362. The van der Waals surface area contributed by atoms with E-state index in [0.29, 0.717) is 64.5 Å². The van der Waals surface area contributed by atoms with Gasteiger partial charge in [-0.1, -0.05) is 60.7 Å². The zero-order valence-corrected chi connectivity index (χ0v) is 45.0. The van der Waals surface area contributed by atoms with Crippen LogP contribution in [0.25, 0.3) is 42.0 Å². The summed E-state index contributed by atoms with van der Waals surface area (Å²) in [5.41, 5.74) is 8.34. The van der Waals surface area contributed by atoms with Gasteiger partial charge in [-0.15, -0.1) is 22.7 Å². The highest BCUT2D eigenvalue weighted by Gasteiger charge is 2.28. The Morgan fingerprint density at radius 1 is 0.573 bits per heavy atom. The molecule has 0 spiro atoms. The predicted molar refractivity (Wildman–Crippen MR) is 295 cm³/mol. The standard InChI is InChI=1S/C26H24N4O5S2.C19H20N4O4S2.C7H5ClO/c1-26(2,3)29-37(34,35)23-15-19(28-24(31)17-7-5-4-6-8-17)11-14-21(23)22-16-27-25(36-22)18-9-12-20(13-10-18)30(32)33;1-19(2,3)22-29(26,27)17-10-13(20)6-9-15(17)16-11-21-18(28-16)12-4-7-14(8-5-12)23(24)25;8-7(9)6-4-2-1-3-5-6/h4-16,29H,1-3H3,(H,28,31);4-11,22H,20H2,1-3H3;1-5H. The largest absolute Gasteiger partial charge is 0.399 e.